The molecule has 0 bridgehead atoms. The summed E-state index contributed by atoms with van der Waals surface area (Å²) in [6.45, 7) is 6.12. The van der Waals surface area contributed by atoms with Gasteiger partial charge in [-0.2, -0.15) is 0 Å². The average molecular weight is 285 g/mol. The highest BCUT2D eigenvalue weighted by Crippen LogP contribution is 1.98. The number of rotatable bonds is 5. The quantitative estimate of drug-likeness (QED) is 0.722. The lowest BCUT2D eigenvalue weighted by Crippen LogP contribution is -2.25. The Kier molecular flexibility index (Phi) is 6.74. The van der Waals surface area contributed by atoms with Gasteiger partial charge in [0.05, 0.1) is 6.42 Å². The second-order valence-corrected chi connectivity index (χ2v) is 3.80. The summed E-state index contributed by atoms with van der Waals surface area (Å²) in [5, 5.41) is 0. The van der Waals surface area contributed by atoms with Crippen LogP contribution in [0.25, 0.3) is 0 Å². The van der Waals surface area contributed by atoms with Crippen LogP contribution in [0.1, 0.15) is 20.3 Å². The van der Waals surface area contributed by atoms with Gasteiger partial charge in [-0.05, 0) is 13.0 Å². The maximum Gasteiger partial charge on any atom is 0.316 e. The second-order valence-electron chi connectivity index (χ2n) is 3.36. The van der Waals surface area contributed by atoms with E-state index in [9.17, 15) is 4.79 Å². The molecule has 0 fully saturated rings. The molecule has 0 atom stereocenters. The molecule has 0 unspecified atom stereocenters. The molecule has 0 saturated heterocycles. The highest BCUT2D eigenvalue weighted by molar-refractivity contribution is 14.1. The van der Waals surface area contributed by atoms with E-state index in [-0.39, 0.29) is 5.97 Å². The Morgan fingerprint density at radius 1 is 1.58 bits per heavy atom. The lowest BCUT2D eigenvalue weighted by Gasteiger charge is -2.17. The molecule has 4 heteroatoms. The summed E-state index contributed by atoms with van der Waals surface area (Å²) in [5.74, 6) is 0.497. The van der Waals surface area contributed by atoms with Crippen LogP contribution < -0.4 is 0 Å². The molecule has 0 aromatic carbocycles. The Morgan fingerprint density at radius 3 is 2.58 bits per heavy atom. The molecular formula is C8H16INO2. The minimum Gasteiger partial charge on any atom is -0.394 e. The van der Waals surface area contributed by atoms with E-state index in [0.717, 1.165) is 13.1 Å². The first-order valence-corrected chi connectivity index (χ1v) is 4.94. The predicted octanol–water partition coefficient (Wildman–Crippen LogP) is 1.86. The summed E-state index contributed by atoms with van der Waals surface area (Å²) >= 11 is 1.62. The third kappa shape index (κ3) is 6.84. The Balaban J connectivity index is 3.43. The van der Waals surface area contributed by atoms with Gasteiger partial charge in [0.15, 0.2) is 23.0 Å². The van der Waals surface area contributed by atoms with Crippen molar-refractivity contribution in [1.29, 1.82) is 0 Å². The van der Waals surface area contributed by atoms with Crippen molar-refractivity contribution in [2.24, 2.45) is 5.92 Å². The van der Waals surface area contributed by atoms with E-state index in [0.29, 0.717) is 12.3 Å². The first kappa shape index (κ1) is 12.2. The average Bonchev–Trinajstić information content (AvgIpc) is 1.99. The molecule has 0 radical (unpaired) electrons. The number of hydrogen-bond acceptors (Lipinski definition) is 3. The van der Waals surface area contributed by atoms with Gasteiger partial charge in [-0.15, -0.1) is 0 Å². The Bertz CT molecular complexity index is 139. The van der Waals surface area contributed by atoms with Crippen LogP contribution in [-0.2, 0) is 7.86 Å². The zero-order valence-electron chi connectivity index (χ0n) is 7.84. The number of hydrogen-bond donors (Lipinski definition) is 0. The molecular weight excluding hydrogens is 269 g/mol. The van der Waals surface area contributed by atoms with Gasteiger partial charge in [0.1, 0.15) is 0 Å². The number of halogens is 1. The molecule has 0 N–H and O–H groups in total. The number of nitrogens with zero attached hydrogens (tertiary/aromatic N) is 1. The summed E-state index contributed by atoms with van der Waals surface area (Å²) in [5.41, 5.74) is 0. The van der Waals surface area contributed by atoms with Gasteiger partial charge in [0.2, 0.25) is 0 Å². The molecule has 0 rings (SSSR count). The van der Waals surface area contributed by atoms with Crippen molar-refractivity contribution in [3.8, 4) is 0 Å². The van der Waals surface area contributed by atoms with Gasteiger partial charge in [0.25, 0.3) is 0 Å². The minimum absolute atomic E-state index is 0.147. The molecule has 0 aliphatic carbocycles. The standard InChI is InChI=1S/C8H16INO2/c1-7(2)6-10(3)5-4-8(11)12-9/h7H,4-6H2,1-3H3. The van der Waals surface area contributed by atoms with E-state index in [4.69, 9.17) is 0 Å². The molecule has 0 heterocycles. The molecule has 0 spiro atoms. The molecule has 0 aliphatic heterocycles. The summed E-state index contributed by atoms with van der Waals surface area (Å²) in [4.78, 5) is 12.9. The van der Waals surface area contributed by atoms with Crippen LogP contribution in [0.3, 0.4) is 0 Å². The third-order valence-electron chi connectivity index (χ3n) is 1.46. The largest absolute Gasteiger partial charge is 0.394 e. The fourth-order valence-electron chi connectivity index (χ4n) is 1.04. The van der Waals surface area contributed by atoms with Gasteiger partial charge in [-0.25, -0.2) is 0 Å². The lowest BCUT2D eigenvalue weighted by molar-refractivity contribution is -0.131. The van der Waals surface area contributed by atoms with Crippen molar-refractivity contribution in [2.75, 3.05) is 20.1 Å². The fraction of sp³-hybridized carbons (Fsp3) is 0.875. The van der Waals surface area contributed by atoms with E-state index in [1.807, 2.05) is 7.05 Å². The third-order valence-corrected chi connectivity index (χ3v) is 1.95. The topological polar surface area (TPSA) is 29.5 Å². The smallest absolute Gasteiger partial charge is 0.316 e. The zero-order chi connectivity index (χ0) is 9.56. The molecule has 0 aromatic rings. The molecule has 0 aliphatic rings. The predicted molar refractivity (Wildman–Crippen MR) is 57.1 cm³/mol. The maximum absolute atomic E-state index is 10.7. The van der Waals surface area contributed by atoms with E-state index in [1.165, 1.54) is 0 Å². The first-order valence-electron chi connectivity index (χ1n) is 4.06. The van der Waals surface area contributed by atoms with Crippen LogP contribution in [0.4, 0.5) is 0 Å². The van der Waals surface area contributed by atoms with Crippen LogP contribution in [0.5, 0.6) is 0 Å². The van der Waals surface area contributed by atoms with E-state index in [2.05, 4.69) is 21.8 Å². The molecule has 3 nitrogen and oxygen atoms in total. The Labute approximate surface area is 88.1 Å². The number of carbonyl (C=O) groups excluding carboxylic acids is 1. The monoisotopic (exact) mass is 285 g/mol. The number of carbonyl (C=O) groups is 1. The van der Waals surface area contributed by atoms with Crippen molar-refractivity contribution in [2.45, 2.75) is 20.3 Å². The highest BCUT2D eigenvalue weighted by Gasteiger charge is 2.05. The second kappa shape index (κ2) is 6.65. The van der Waals surface area contributed by atoms with Gasteiger partial charge in [-0.1, -0.05) is 13.8 Å². The SMILES string of the molecule is CC(C)CN(C)CCC(=O)OI. The normalized spacial score (nSPS) is 10.8. The Hall–Kier alpha value is 0.160. The van der Waals surface area contributed by atoms with Crippen LogP contribution >= 0.6 is 23.0 Å². The Morgan fingerprint density at radius 2 is 2.17 bits per heavy atom. The van der Waals surface area contributed by atoms with Gasteiger partial charge >= 0.3 is 5.97 Å². The summed E-state index contributed by atoms with van der Waals surface area (Å²) in [7, 11) is 2.01. The van der Waals surface area contributed by atoms with Gasteiger partial charge in [-0.3, -0.25) is 4.79 Å². The zero-order valence-corrected chi connectivity index (χ0v) is 10.00. The summed E-state index contributed by atoms with van der Waals surface area (Å²) in [6.07, 6.45) is 0.478. The molecule has 12 heavy (non-hydrogen) atoms. The fourth-order valence-corrected chi connectivity index (χ4v) is 1.26. The first-order chi connectivity index (χ1) is 5.56. The van der Waals surface area contributed by atoms with Crippen LogP contribution in [-0.4, -0.2) is 31.0 Å². The van der Waals surface area contributed by atoms with E-state index >= 15 is 0 Å². The van der Waals surface area contributed by atoms with Crippen LogP contribution in [0, 0.1) is 5.92 Å². The molecule has 0 aromatic heterocycles. The van der Waals surface area contributed by atoms with Crippen molar-refractivity contribution >= 4 is 29.0 Å². The molecule has 0 saturated carbocycles. The van der Waals surface area contributed by atoms with Crippen LogP contribution in [0.2, 0.25) is 0 Å². The molecule has 72 valence electrons. The van der Waals surface area contributed by atoms with Crippen molar-refractivity contribution in [3.63, 3.8) is 0 Å². The van der Waals surface area contributed by atoms with Crippen molar-refractivity contribution < 1.29 is 7.86 Å². The van der Waals surface area contributed by atoms with E-state index < -0.39 is 0 Å². The van der Waals surface area contributed by atoms with Crippen LogP contribution in [0.15, 0.2) is 0 Å². The van der Waals surface area contributed by atoms with Gasteiger partial charge in [0, 0.05) is 13.1 Å². The van der Waals surface area contributed by atoms with Crippen molar-refractivity contribution in [1.82, 2.24) is 4.90 Å². The van der Waals surface area contributed by atoms with E-state index in [1.54, 1.807) is 23.0 Å². The lowest BCUT2D eigenvalue weighted by atomic mass is 10.2. The summed E-state index contributed by atoms with van der Waals surface area (Å²) in [6, 6.07) is 0. The summed E-state index contributed by atoms with van der Waals surface area (Å²) < 4.78 is 4.51. The minimum atomic E-state index is -0.147. The van der Waals surface area contributed by atoms with Crippen molar-refractivity contribution in [3.05, 3.63) is 0 Å². The molecule has 0 amide bonds. The highest BCUT2D eigenvalue weighted by atomic mass is 127. The maximum atomic E-state index is 10.7. The van der Waals surface area contributed by atoms with Gasteiger partial charge < -0.3 is 7.97 Å².